The van der Waals surface area contributed by atoms with Gasteiger partial charge in [0.15, 0.2) is 0 Å². The van der Waals surface area contributed by atoms with Crippen LogP contribution in [0, 0.1) is 0 Å². The monoisotopic (exact) mass is 254 g/mol. The maximum Gasteiger partial charge on any atom is 0.215 e. The average Bonchev–Trinajstić information content (AvgIpc) is 2.73. The highest BCUT2D eigenvalue weighted by molar-refractivity contribution is 7.89. The first-order valence-corrected chi connectivity index (χ1v) is 7.49. The fraction of sp³-hybridized carbons (Fsp3) is 0.500. The summed E-state index contributed by atoms with van der Waals surface area (Å²) in [7, 11) is -3.13. The lowest BCUT2D eigenvalue weighted by atomic mass is 10.1. The number of fused-ring (bicyclic) bond motifs is 1. The summed E-state index contributed by atoms with van der Waals surface area (Å²) in [5, 5.41) is 3.04. The van der Waals surface area contributed by atoms with Gasteiger partial charge in [-0.3, -0.25) is 0 Å². The molecule has 1 aliphatic heterocycles. The van der Waals surface area contributed by atoms with E-state index in [4.69, 9.17) is 0 Å². The van der Waals surface area contributed by atoms with Crippen molar-refractivity contribution in [3.05, 3.63) is 35.4 Å². The Morgan fingerprint density at radius 3 is 2.35 bits per heavy atom. The average molecular weight is 254 g/mol. The second kappa shape index (κ2) is 5.16. The summed E-state index contributed by atoms with van der Waals surface area (Å²) in [5.74, 6) is 0.175. The molecule has 0 fully saturated rings. The fourth-order valence-corrected chi connectivity index (χ4v) is 3.34. The van der Waals surface area contributed by atoms with Crippen molar-refractivity contribution in [3.8, 4) is 0 Å². The van der Waals surface area contributed by atoms with Crippen molar-refractivity contribution in [1.82, 2.24) is 9.62 Å². The normalized spacial score (nSPS) is 16.1. The molecular formula is C12H18N2O2S. The van der Waals surface area contributed by atoms with Gasteiger partial charge in [-0.05, 0) is 17.7 Å². The van der Waals surface area contributed by atoms with Crippen LogP contribution in [-0.2, 0) is 23.1 Å². The molecule has 0 saturated heterocycles. The van der Waals surface area contributed by atoms with E-state index >= 15 is 0 Å². The number of hydrogen-bond acceptors (Lipinski definition) is 3. The van der Waals surface area contributed by atoms with Crippen molar-refractivity contribution in [1.29, 1.82) is 0 Å². The van der Waals surface area contributed by atoms with Crippen molar-refractivity contribution < 1.29 is 8.42 Å². The standard InChI is InChI=1S/C12H18N2O2S/c1-2-13-7-8-17(15,16)14-9-11-5-3-4-6-12(11)10-14/h3-6,13H,2,7-10H2,1H3. The van der Waals surface area contributed by atoms with Gasteiger partial charge in [0.2, 0.25) is 10.0 Å². The van der Waals surface area contributed by atoms with Gasteiger partial charge in [-0.2, -0.15) is 4.31 Å². The molecule has 0 saturated carbocycles. The first-order chi connectivity index (χ1) is 8.13. The third-order valence-electron chi connectivity index (χ3n) is 2.99. The third-order valence-corrected chi connectivity index (χ3v) is 4.76. The van der Waals surface area contributed by atoms with Crippen LogP contribution in [0.5, 0.6) is 0 Å². The molecule has 0 radical (unpaired) electrons. The predicted octanol–water partition coefficient (Wildman–Crippen LogP) is 0.942. The Balaban J connectivity index is 2.02. The molecule has 2 rings (SSSR count). The maximum absolute atomic E-state index is 12.1. The molecule has 4 nitrogen and oxygen atoms in total. The summed E-state index contributed by atoms with van der Waals surface area (Å²) in [5.41, 5.74) is 2.25. The molecule has 1 aliphatic rings. The summed E-state index contributed by atoms with van der Waals surface area (Å²) < 4.78 is 25.7. The van der Waals surface area contributed by atoms with Gasteiger partial charge in [-0.25, -0.2) is 8.42 Å². The number of nitrogens with zero attached hydrogens (tertiary/aromatic N) is 1. The maximum atomic E-state index is 12.1. The Kier molecular flexibility index (Phi) is 3.81. The lowest BCUT2D eigenvalue weighted by molar-refractivity contribution is 0.430. The van der Waals surface area contributed by atoms with Gasteiger partial charge in [0.1, 0.15) is 0 Å². The number of rotatable bonds is 5. The summed E-state index contributed by atoms with van der Waals surface area (Å²) in [6, 6.07) is 7.89. The van der Waals surface area contributed by atoms with Crippen molar-refractivity contribution in [2.24, 2.45) is 0 Å². The van der Waals surface area contributed by atoms with E-state index in [-0.39, 0.29) is 5.75 Å². The van der Waals surface area contributed by atoms with Gasteiger partial charge in [0, 0.05) is 19.6 Å². The van der Waals surface area contributed by atoms with E-state index in [0.717, 1.165) is 17.7 Å². The van der Waals surface area contributed by atoms with Crippen molar-refractivity contribution in [3.63, 3.8) is 0 Å². The van der Waals surface area contributed by atoms with Crippen LogP contribution < -0.4 is 5.32 Å². The number of sulfonamides is 1. The zero-order valence-corrected chi connectivity index (χ0v) is 10.8. The van der Waals surface area contributed by atoms with Gasteiger partial charge in [0.05, 0.1) is 5.75 Å². The zero-order valence-electron chi connectivity index (χ0n) is 10.0. The highest BCUT2D eigenvalue weighted by Crippen LogP contribution is 2.24. The Morgan fingerprint density at radius 1 is 1.24 bits per heavy atom. The summed E-state index contributed by atoms with van der Waals surface area (Å²) in [6.45, 7) is 4.33. The molecular weight excluding hydrogens is 236 g/mol. The van der Waals surface area contributed by atoms with Gasteiger partial charge in [-0.1, -0.05) is 31.2 Å². The van der Waals surface area contributed by atoms with Gasteiger partial charge >= 0.3 is 0 Å². The molecule has 0 unspecified atom stereocenters. The minimum atomic E-state index is -3.13. The number of benzene rings is 1. The minimum absolute atomic E-state index is 0.175. The molecule has 0 atom stereocenters. The Morgan fingerprint density at radius 2 is 1.82 bits per heavy atom. The van der Waals surface area contributed by atoms with Crippen LogP contribution in [0.4, 0.5) is 0 Å². The zero-order chi connectivity index (χ0) is 12.3. The molecule has 0 bridgehead atoms. The van der Waals surface area contributed by atoms with Gasteiger partial charge < -0.3 is 5.32 Å². The largest absolute Gasteiger partial charge is 0.316 e. The Hall–Kier alpha value is -0.910. The first kappa shape index (κ1) is 12.5. The number of nitrogens with one attached hydrogen (secondary N) is 1. The summed E-state index contributed by atoms with van der Waals surface area (Å²) >= 11 is 0. The summed E-state index contributed by atoms with van der Waals surface area (Å²) in [4.78, 5) is 0. The van der Waals surface area contributed by atoms with E-state index < -0.39 is 10.0 Å². The van der Waals surface area contributed by atoms with Crippen LogP contribution in [0.3, 0.4) is 0 Å². The molecule has 1 aromatic carbocycles. The fourth-order valence-electron chi connectivity index (χ4n) is 2.01. The Bertz CT molecular complexity index is 460. The lowest BCUT2D eigenvalue weighted by Gasteiger charge is -2.15. The van der Waals surface area contributed by atoms with Gasteiger partial charge in [-0.15, -0.1) is 0 Å². The quantitative estimate of drug-likeness (QED) is 0.796. The SMILES string of the molecule is CCNCCS(=O)(=O)N1Cc2ccccc2C1. The molecule has 0 aliphatic carbocycles. The van der Waals surface area contributed by atoms with Crippen LogP contribution in [0.1, 0.15) is 18.1 Å². The van der Waals surface area contributed by atoms with Crippen LogP contribution in [0.2, 0.25) is 0 Å². The summed E-state index contributed by atoms with van der Waals surface area (Å²) in [6.07, 6.45) is 0. The van der Waals surface area contributed by atoms with Crippen molar-refractivity contribution in [2.75, 3.05) is 18.8 Å². The Labute approximate surface area is 103 Å². The van der Waals surface area contributed by atoms with Crippen LogP contribution >= 0.6 is 0 Å². The molecule has 0 spiro atoms. The predicted molar refractivity (Wildman–Crippen MR) is 68.0 cm³/mol. The first-order valence-electron chi connectivity index (χ1n) is 5.89. The molecule has 0 aromatic heterocycles. The molecule has 1 heterocycles. The molecule has 17 heavy (non-hydrogen) atoms. The minimum Gasteiger partial charge on any atom is -0.316 e. The van der Waals surface area contributed by atoms with E-state index in [2.05, 4.69) is 5.32 Å². The molecule has 1 N–H and O–H groups in total. The van der Waals surface area contributed by atoms with E-state index in [9.17, 15) is 8.42 Å². The van der Waals surface area contributed by atoms with E-state index in [1.54, 1.807) is 4.31 Å². The van der Waals surface area contributed by atoms with Crippen LogP contribution in [-0.4, -0.2) is 31.6 Å². The smallest absolute Gasteiger partial charge is 0.215 e. The van der Waals surface area contributed by atoms with Crippen molar-refractivity contribution in [2.45, 2.75) is 20.0 Å². The van der Waals surface area contributed by atoms with Crippen molar-refractivity contribution >= 4 is 10.0 Å². The highest BCUT2D eigenvalue weighted by Gasteiger charge is 2.28. The molecule has 1 aromatic rings. The van der Waals surface area contributed by atoms with Gasteiger partial charge in [0.25, 0.3) is 0 Å². The second-order valence-corrected chi connectivity index (χ2v) is 6.29. The van der Waals surface area contributed by atoms with E-state index in [1.807, 2.05) is 31.2 Å². The number of hydrogen-bond donors (Lipinski definition) is 1. The lowest BCUT2D eigenvalue weighted by Crippen LogP contribution is -2.32. The van der Waals surface area contributed by atoms with E-state index in [1.165, 1.54) is 0 Å². The second-order valence-electron chi connectivity index (χ2n) is 4.21. The topological polar surface area (TPSA) is 49.4 Å². The van der Waals surface area contributed by atoms with Crippen LogP contribution in [0.25, 0.3) is 0 Å². The molecule has 5 heteroatoms. The third kappa shape index (κ3) is 2.86. The molecule has 0 amide bonds. The highest BCUT2D eigenvalue weighted by atomic mass is 32.2. The molecule has 94 valence electrons. The van der Waals surface area contributed by atoms with Crippen LogP contribution in [0.15, 0.2) is 24.3 Å². The van der Waals surface area contributed by atoms with E-state index in [0.29, 0.717) is 19.6 Å².